The number of benzene rings is 5. The zero-order chi connectivity index (χ0) is 23.5. The fourth-order valence-corrected chi connectivity index (χ4v) is 4.59. The Kier molecular flexibility index (Phi) is 5.54. The predicted molar refractivity (Wildman–Crippen MR) is 147 cm³/mol. The van der Waals surface area contributed by atoms with E-state index < -0.39 is 0 Å². The first-order valence-corrected chi connectivity index (χ1v) is 11.8. The molecular formula is C33H24N2. The van der Waals surface area contributed by atoms with E-state index in [1.54, 1.807) is 0 Å². The van der Waals surface area contributed by atoms with Gasteiger partial charge >= 0.3 is 0 Å². The summed E-state index contributed by atoms with van der Waals surface area (Å²) in [5.41, 5.74) is 9.23. The van der Waals surface area contributed by atoms with Gasteiger partial charge in [-0.1, -0.05) is 91.0 Å². The molecule has 0 amide bonds. The van der Waals surface area contributed by atoms with Gasteiger partial charge in [0.1, 0.15) is 0 Å². The fourth-order valence-electron chi connectivity index (χ4n) is 4.59. The molecule has 166 valence electrons. The zero-order valence-electron chi connectivity index (χ0n) is 19.3. The Morgan fingerprint density at radius 3 is 1.51 bits per heavy atom. The SMILES string of the molecule is c1ccc(N(c2ccccc2)c2ccc(-c3ccc(-c4ccnc5ccccc45)cc3)cc2)cc1. The second-order valence-corrected chi connectivity index (χ2v) is 8.51. The second-order valence-electron chi connectivity index (χ2n) is 8.51. The van der Waals surface area contributed by atoms with Crippen molar-refractivity contribution in [1.82, 2.24) is 4.98 Å². The molecule has 0 unspecified atom stereocenters. The molecular weight excluding hydrogens is 424 g/mol. The highest BCUT2D eigenvalue weighted by Crippen LogP contribution is 2.35. The minimum absolute atomic E-state index is 1.02. The number of fused-ring (bicyclic) bond motifs is 1. The molecule has 0 saturated heterocycles. The van der Waals surface area contributed by atoms with Gasteiger partial charge in [-0.3, -0.25) is 4.98 Å². The minimum Gasteiger partial charge on any atom is -0.311 e. The van der Waals surface area contributed by atoms with Crippen LogP contribution >= 0.6 is 0 Å². The Labute approximate surface area is 205 Å². The summed E-state index contributed by atoms with van der Waals surface area (Å²) >= 11 is 0. The monoisotopic (exact) mass is 448 g/mol. The molecule has 1 heterocycles. The van der Waals surface area contributed by atoms with Gasteiger partial charge in [0.05, 0.1) is 5.52 Å². The smallest absolute Gasteiger partial charge is 0.0708 e. The second kappa shape index (κ2) is 9.28. The Morgan fingerprint density at radius 2 is 0.886 bits per heavy atom. The molecule has 0 spiro atoms. The lowest BCUT2D eigenvalue weighted by Gasteiger charge is -2.25. The largest absolute Gasteiger partial charge is 0.311 e. The number of aromatic nitrogens is 1. The molecule has 5 aromatic carbocycles. The van der Waals surface area contributed by atoms with Crippen LogP contribution < -0.4 is 4.90 Å². The number of hydrogen-bond acceptors (Lipinski definition) is 2. The van der Waals surface area contributed by atoms with E-state index in [-0.39, 0.29) is 0 Å². The summed E-state index contributed by atoms with van der Waals surface area (Å²) < 4.78 is 0. The lowest BCUT2D eigenvalue weighted by Crippen LogP contribution is -2.09. The molecule has 0 aliphatic rings. The molecule has 0 fully saturated rings. The van der Waals surface area contributed by atoms with E-state index in [0.717, 1.165) is 22.6 Å². The number of nitrogens with zero attached hydrogens (tertiary/aromatic N) is 2. The number of rotatable bonds is 5. The van der Waals surface area contributed by atoms with E-state index in [2.05, 4.69) is 131 Å². The molecule has 0 aliphatic heterocycles. The first kappa shape index (κ1) is 20.9. The Hall–Kier alpha value is -4.69. The Morgan fingerprint density at radius 1 is 0.400 bits per heavy atom. The van der Waals surface area contributed by atoms with Crippen molar-refractivity contribution in [1.29, 1.82) is 0 Å². The van der Waals surface area contributed by atoms with Crippen molar-refractivity contribution in [3.63, 3.8) is 0 Å². The molecule has 0 bridgehead atoms. The third-order valence-electron chi connectivity index (χ3n) is 6.33. The molecule has 1 aromatic heterocycles. The van der Waals surface area contributed by atoms with Crippen molar-refractivity contribution < 1.29 is 0 Å². The van der Waals surface area contributed by atoms with Crippen LogP contribution in [-0.4, -0.2) is 4.98 Å². The third kappa shape index (κ3) is 4.18. The van der Waals surface area contributed by atoms with Gasteiger partial charge in [-0.2, -0.15) is 0 Å². The summed E-state index contributed by atoms with van der Waals surface area (Å²) in [6.07, 6.45) is 1.88. The van der Waals surface area contributed by atoms with Gasteiger partial charge in [0, 0.05) is 28.6 Å². The summed E-state index contributed by atoms with van der Waals surface area (Å²) in [5, 5.41) is 1.18. The molecule has 0 radical (unpaired) electrons. The van der Waals surface area contributed by atoms with E-state index in [0.29, 0.717) is 0 Å². The first-order valence-electron chi connectivity index (χ1n) is 11.8. The maximum Gasteiger partial charge on any atom is 0.0708 e. The maximum atomic E-state index is 4.49. The van der Waals surface area contributed by atoms with E-state index >= 15 is 0 Å². The van der Waals surface area contributed by atoms with Crippen LogP contribution in [0.2, 0.25) is 0 Å². The number of pyridine rings is 1. The van der Waals surface area contributed by atoms with Gasteiger partial charge in [0.15, 0.2) is 0 Å². The number of hydrogen-bond donors (Lipinski definition) is 0. The molecule has 2 heteroatoms. The third-order valence-corrected chi connectivity index (χ3v) is 6.33. The quantitative estimate of drug-likeness (QED) is 0.261. The van der Waals surface area contributed by atoms with Crippen LogP contribution in [0.5, 0.6) is 0 Å². The number of anilines is 3. The zero-order valence-corrected chi connectivity index (χ0v) is 19.3. The summed E-state index contributed by atoms with van der Waals surface area (Å²) in [6, 6.07) is 48.9. The van der Waals surface area contributed by atoms with Crippen LogP contribution in [-0.2, 0) is 0 Å². The average Bonchev–Trinajstić information content (AvgIpc) is 2.95. The molecule has 6 aromatic rings. The van der Waals surface area contributed by atoms with Crippen molar-refractivity contribution in [3.8, 4) is 22.3 Å². The summed E-state index contributed by atoms with van der Waals surface area (Å²) in [6.45, 7) is 0. The highest BCUT2D eigenvalue weighted by Gasteiger charge is 2.12. The van der Waals surface area contributed by atoms with Crippen molar-refractivity contribution in [3.05, 3.63) is 146 Å². The summed E-state index contributed by atoms with van der Waals surface area (Å²) in [7, 11) is 0. The standard InChI is InChI=1S/C33H24N2/c1-3-9-28(10-4-1)35(29-11-5-2-6-12-29)30-21-19-26(20-22-30)25-15-17-27(18-16-25)31-23-24-34-33-14-8-7-13-32(31)33/h1-24H. The van der Waals surface area contributed by atoms with Crippen molar-refractivity contribution in [2.75, 3.05) is 4.90 Å². The molecule has 0 saturated carbocycles. The normalized spacial score (nSPS) is 10.9. The van der Waals surface area contributed by atoms with Crippen molar-refractivity contribution >= 4 is 28.0 Å². The average molecular weight is 449 g/mol. The van der Waals surface area contributed by atoms with Crippen LogP contribution in [0.3, 0.4) is 0 Å². The van der Waals surface area contributed by atoms with Gasteiger partial charge in [-0.05, 0) is 70.8 Å². The van der Waals surface area contributed by atoms with Gasteiger partial charge in [-0.15, -0.1) is 0 Å². The lowest BCUT2D eigenvalue weighted by atomic mass is 9.98. The summed E-state index contributed by atoms with van der Waals surface area (Å²) in [5.74, 6) is 0. The summed E-state index contributed by atoms with van der Waals surface area (Å²) in [4.78, 5) is 6.77. The fraction of sp³-hybridized carbons (Fsp3) is 0. The Bertz CT molecular complexity index is 1510. The van der Waals surface area contributed by atoms with Gasteiger partial charge < -0.3 is 4.90 Å². The predicted octanol–water partition coefficient (Wildman–Crippen LogP) is 9.04. The molecule has 0 aliphatic carbocycles. The Balaban J connectivity index is 1.32. The van der Waals surface area contributed by atoms with Gasteiger partial charge in [0.2, 0.25) is 0 Å². The highest BCUT2D eigenvalue weighted by atomic mass is 15.1. The van der Waals surface area contributed by atoms with Gasteiger partial charge in [0.25, 0.3) is 0 Å². The maximum absolute atomic E-state index is 4.49. The van der Waals surface area contributed by atoms with Crippen LogP contribution in [0.4, 0.5) is 17.1 Å². The molecule has 6 rings (SSSR count). The lowest BCUT2D eigenvalue weighted by molar-refractivity contribution is 1.28. The highest BCUT2D eigenvalue weighted by molar-refractivity contribution is 5.94. The first-order chi connectivity index (χ1) is 17.4. The molecule has 0 N–H and O–H groups in total. The van der Waals surface area contributed by atoms with E-state index in [9.17, 15) is 0 Å². The number of para-hydroxylation sites is 3. The van der Waals surface area contributed by atoms with Crippen molar-refractivity contribution in [2.24, 2.45) is 0 Å². The van der Waals surface area contributed by atoms with Crippen LogP contribution in [0.1, 0.15) is 0 Å². The van der Waals surface area contributed by atoms with E-state index in [1.165, 1.54) is 27.6 Å². The van der Waals surface area contributed by atoms with Gasteiger partial charge in [-0.25, -0.2) is 0 Å². The van der Waals surface area contributed by atoms with E-state index in [4.69, 9.17) is 0 Å². The molecule has 0 atom stereocenters. The van der Waals surface area contributed by atoms with Crippen LogP contribution in [0, 0.1) is 0 Å². The molecule has 35 heavy (non-hydrogen) atoms. The topological polar surface area (TPSA) is 16.1 Å². The van der Waals surface area contributed by atoms with Crippen LogP contribution in [0.15, 0.2) is 146 Å². The molecule has 2 nitrogen and oxygen atoms in total. The van der Waals surface area contributed by atoms with Crippen molar-refractivity contribution in [2.45, 2.75) is 0 Å². The minimum atomic E-state index is 1.02. The van der Waals surface area contributed by atoms with E-state index in [1.807, 2.05) is 24.4 Å². The van der Waals surface area contributed by atoms with Crippen LogP contribution in [0.25, 0.3) is 33.2 Å².